The van der Waals surface area contributed by atoms with Gasteiger partial charge >= 0.3 is 0 Å². The van der Waals surface area contributed by atoms with Crippen LogP contribution in [0.2, 0.25) is 0 Å². The van der Waals surface area contributed by atoms with Gasteiger partial charge in [0.1, 0.15) is 6.04 Å². The molecule has 0 aromatic heterocycles. The van der Waals surface area contributed by atoms with E-state index < -0.39 is 5.41 Å². The molecule has 1 fully saturated rings. The number of rotatable bonds is 4. The van der Waals surface area contributed by atoms with Gasteiger partial charge in [0.2, 0.25) is 18.6 Å². The standard InChI is InChI=1S/C20H28N2O4/c1-5-21(12-14-8-9-16-17(11-14)26-13-25-16)18(23)15-7-6-10-22(15)19(24)20(2,3)4/h8-9,11,15H,5-7,10,12-13H2,1-4H3. The fourth-order valence-electron chi connectivity index (χ4n) is 3.51. The van der Waals surface area contributed by atoms with E-state index in [0.29, 0.717) is 19.6 Å². The number of benzene rings is 1. The molecule has 0 aliphatic carbocycles. The first kappa shape index (κ1) is 18.5. The molecule has 1 aromatic rings. The number of ether oxygens (including phenoxy) is 2. The number of likely N-dealkylation sites (N-methyl/N-ethyl adjacent to an activating group) is 1. The zero-order valence-electron chi connectivity index (χ0n) is 16.1. The summed E-state index contributed by atoms with van der Waals surface area (Å²) in [5.41, 5.74) is 0.521. The Morgan fingerprint density at radius 2 is 1.96 bits per heavy atom. The summed E-state index contributed by atoms with van der Waals surface area (Å²) in [6, 6.07) is 5.40. The van der Waals surface area contributed by atoms with Gasteiger partial charge in [0.15, 0.2) is 11.5 Å². The van der Waals surface area contributed by atoms with Crippen LogP contribution in [0.1, 0.15) is 46.1 Å². The van der Waals surface area contributed by atoms with E-state index in [1.807, 2.05) is 50.8 Å². The molecule has 0 saturated carbocycles. The van der Waals surface area contributed by atoms with Crippen molar-refractivity contribution in [1.29, 1.82) is 0 Å². The summed E-state index contributed by atoms with van der Waals surface area (Å²) < 4.78 is 10.8. The van der Waals surface area contributed by atoms with Gasteiger partial charge in [0.25, 0.3) is 0 Å². The first-order chi connectivity index (χ1) is 12.3. The molecule has 0 bridgehead atoms. The number of carbonyl (C=O) groups excluding carboxylic acids is 2. The van der Waals surface area contributed by atoms with Crippen molar-refractivity contribution in [2.24, 2.45) is 5.41 Å². The monoisotopic (exact) mass is 360 g/mol. The summed E-state index contributed by atoms with van der Waals surface area (Å²) in [5.74, 6) is 1.53. The van der Waals surface area contributed by atoms with Crippen LogP contribution in [-0.4, -0.2) is 47.5 Å². The lowest BCUT2D eigenvalue weighted by Gasteiger charge is -2.33. The van der Waals surface area contributed by atoms with Gasteiger partial charge in [-0.25, -0.2) is 0 Å². The lowest BCUT2D eigenvalue weighted by Crippen LogP contribution is -2.50. The van der Waals surface area contributed by atoms with Crippen LogP contribution >= 0.6 is 0 Å². The van der Waals surface area contributed by atoms with Crippen molar-refractivity contribution in [1.82, 2.24) is 9.80 Å². The maximum Gasteiger partial charge on any atom is 0.245 e. The van der Waals surface area contributed by atoms with E-state index in [1.54, 1.807) is 4.90 Å². The Morgan fingerprint density at radius 1 is 1.23 bits per heavy atom. The molecule has 2 aliphatic heterocycles. The molecule has 2 aliphatic rings. The quantitative estimate of drug-likeness (QED) is 0.828. The first-order valence-corrected chi connectivity index (χ1v) is 9.29. The van der Waals surface area contributed by atoms with Gasteiger partial charge in [-0.05, 0) is 37.5 Å². The second-order valence-electron chi connectivity index (χ2n) is 7.95. The van der Waals surface area contributed by atoms with Gasteiger partial charge in [-0.15, -0.1) is 0 Å². The number of hydrogen-bond donors (Lipinski definition) is 0. The Kier molecular flexibility index (Phi) is 5.12. The van der Waals surface area contributed by atoms with E-state index in [2.05, 4.69) is 0 Å². The number of likely N-dealkylation sites (tertiary alicyclic amines) is 1. The first-order valence-electron chi connectivity index (χ1n) is 9.29. The molecule has 1 atom stereocenters. The predicted molar refractivity (Wildman–Crippen MR) is 97.8 cm³/mol. The predicted octanol–water partition coefficient (Wildman–Crippen LogP) is 2.80. The highest BCUT2D eigenvalue weighted by Crippen LogP contribution is 2.33. The molecule has 6 heteroatoms. The number of fused-ring (bicyclic) bond motifs is 1. The molecule has 0 radical (unpaired) electrons. The van der Waals surface area contributed by atoms with Crippen molar-refractivity contribution in [3.05, 3.63) is 23.8 Å². The molecular formula is C20H28N2O4. The molecule has 3 rings (SSSR count). The number of amides is 2. The van der Waals surface area contributed by atoms with Crippen molar-refractivity contribution in [3.8, 4) is 11.5 Å². The zero-order chi connectivity index (χ0) is 18.9. The van der Waals surface area contributed by atoms with Crippen LogP contribution in [0, 0.1) is 5.41 Å². The van der Waals surface area contributed by atoms with Crippen molar-refractivity contribution in [2.75, 3.05) is 19.9 Å². The van der Waals surface area contributed by atoms with Crippen LogP contribution in [0.3, 0.4) is 0 Å². The lowest BCUT2D eigenvalue weighted by molar-refractivity contribution is -0.148. The third-order valence-electron chi connectivity index (χ3n) is 4.94. The highest BCUT2D eigenvalue weighted by Gasteiger charge is 2.39. The summed E-state index contributed by atoms with van der Waals surface area (Å²) >= 11 is 0. The fraction of sp³-hybridized carbons (Fsp3) is 0.600. The average molecular weight is 360 g/mol. The van der Waals surface area contributed by atoms with Gasteiger partial charge in [-0.1, -0.05) is 26.8 Å². The van der Waals surface area contributed by atoms with Gasteiger partial charge in [0.05, 0.1) is 0 Å². The maximum atomic E-state index is 13.1. The summed E-state index contributed by atoms with van der Waals surface area (Å²) in [5, 5.41) is 0. The second kappa shape index (κ2) is 7.17. The Hall–Kier alpha value is -2.24. The zero-order valence-corrected chi connectivity index (χ0v) is 16.1. The Balaban J connectivity index is 1.73. The van der Waals surface area contributed by atoms with Crippen LogP contribution in [0.5, 0.6) is 11.5 Å². The Labute approximate surface area is 155 Å². The summed E-state index contributed by atoms with van der Waals surface area (Å²) in [4.78, 5) is 29.4. The topological polar surface area (TPSA) is 59.1 Å². The minimum atomic E-state index is -0.475. The van der Waals surface area contributed by atoms with Crippen molar-refractivity contribution in [2.45, 2.75) is 53.1 Å². The number of nitrogens with zero attached hydrogens (tertiary/aromatic N) is 2. The third-order valence-corrected chi connectivity index (χ3v) is 4.94. The Bertz CT molecular complexity index is 696. The van der Waals surface area contributed by atoms with Crippen LogP contribution in [0.15, 0.2) is 18.2 Å². The molecule has 0 spiro atoms. The van der Waals surface area contributed by atoms with E-state index in [1.165, 1.54) is 0 Å². The molecule has 26 heavy (non-hydrogen) atoms. The van der Waals surface area contributed by atoms with E-state index in [4.69, 9.17) is 9.47 Å². The van der Waals surface area contributed by atoms with E-state index in [-0.39, 0.29) is 24.6 Å². The molecular weight excluding hydrogens is 332 g/mol. The van der Waals surface area contributed by atoms with Crippen LogP contribution < -0.4 is 9.47 Å². The van der Waals surface area contributed by atoms with Gasteiger partial charge < -0.3 is 19.3 Å². The Morgan fingerprint density at radius 3 is 2.65 bits per heavy atom. The van der Waals surface area contributed by atoms with Crippen LogP contribution in [-0.2, 0) is 16.1 Å². The van der Waals surface area contributed by atoms with E-state index in [0.717, 1.165) is 29.9 Å². The largest absolute Gasteiger partial charge is 0.454 e. The highest BCUT2D eigenvalue weighted by molar-refractivity contribution is 5.90. The minimum absolute atomic E-state index is 0.0280. The average Bonchev–Trinajstić information content (AvgIpc) is 3.25. The molecule has 1 unspecified atom stereocenters. The van der Waals surface area contributed by atoms with Crippen molar-refractivity contribution < 1.29 is 19.1 Å². The molecule has 1 aromatic carbocycles. The lowest BCUT2D eigenvalue weighted by atomic mass is 9.94. The van der Waals surface area contributed by atoms with Crippen LogP contribution in [0.4, 0.5) is 0 Å². The smallest absolute Gasteiger partial charge is 0.245 e. The molecule has 142 valence electrons. The normalized spacial score (nSPS) is 18.9. The summed E-state index contributed by atoms with van der Waals surface area (Å²) in [7, 11) is 0. The molecule has 2 amide bonds. The molecule has 6 nitrogen and oxygen atoms in total. The SMILES string of the molecule is CCN(Cc1ccc2c(c1)OCO2)C(=O)C1CCCN1C(=O)C(C)(C)C. The van der Waals surface area contributed by atoms with E-state index in [9.17, 15) is 9.59 Å². The number of carbonyl (C=O) groups is 2. The maximum absolute atomic E-state index is 13.1. The highest BCUT2D eigenvalue weighted by atomic mass is 16.7. The summed E-state index contributed by atoms with van der Waals surface area (Å²) in [6.07, 6.45) is 1.61. The molecule has 0 N–H and O–H groups in total. The van der Waals surface area contributed by atoms with Crippen molar-refractivity contribution >= 4 is 11.8 Å². The van der Waals surface area contributed by atoms with Crippen molar-refractivity contribution in [3.63, 3.8) is 0 Å². The molecule has 2 heterocycles. The van der Waals surface area contributed by atoms with Crippen LogP contribution in [0.25, 0.3) is 0 Å². The minimum Gasteiger partial charge on any atom is -0.454 e. The van der Waals surface area contributed by atoms with Gasteiger partial charge in [0, 0.05) is 25.0 Å². The number of hydrogen-bond acceptors (Lipinski definition) is 4. The summed E-state index contributed by atoms with van der Waals surface area (Å²) in [6.45, 7) is 9.67. The third kappa shape index (κ3) is 3.64. The fourth-order valence-corrected chi connectivity index (χ4v) is 3.51. The molecule has 1 saturated heterocycles. The second-order valence-corrected chi connectivity index (χ2v) is 7.95. The van der Waals surface area contributed by atoms with Gasteiger partial charge in [-0.3, -0.25) is 9.59 Å². The van der Waals surface area contributed by atoms with Gasteiger partial charge in [-0.2, -0.15) is 0 Å². The van der Waals surface area contributed by atoms with E-state index >= 15 is 0 Å².